The van der Waals surface area contributed by atoms with Crippen molar-refractivity contribution in [2.24, 2.45) is 0 Å². The molecule has 2 nitrogen and oxygen atoms in total. The van der Waals surface area contributed by atoms with Crippen molar-refractivity contribution in [2.75, 3.05) is 0 Å². The number of benzene rings is 1. The van der Waals surface area contributed by atoms with Gasteiger partial charge in [-0.05, 0) is 47.0 Å². The molecule has 1 N–H and O–H groups in total. The van der Waals surface area contributed by atoms with Crippen molar-refractivity contribution in [3.63, 3.8) is 0 Å². The Hall–Kier alpha value is -0.420. The van der Waals surface area contributed by atoms with Crippen LogP contribution < -0.4 is 0 Å². The van der Waals surface area contributed by atoms with Crippen LogP contribution in [-0.4, -0.2) is 9.97 Å². The van der Waals surface area contributed by atoms with E-state index in [1.165, 1.54) is 12.8 Å². The molecule has 3 rings (SSSR count). The zero-order valence-corrected chi connectivity index (χ0v) is 13.6. The van der Waals surface area contributed by atoms with Crippen LogP contribution in [0.2, 0.25) is 10.0 Å². The summed E-state index contributed by atoms with van der Waals surface area (Å²) in [6.45, 7) is 0. The van der Waals surface area contributed by atoms with Gasteiger partial charge in [-0.25, -0.2) is 4.98 Å². The van der Waals surface area contributed by atoms with Gasteiger partial charge in [0.25, 0.3) is 0 Å². The minimum Gasteiger partial charge on any atom is -0.342 e. The summed E-state index contributed by atoms with van der Waals surface area (Å²) >= 11 is 20.9. The van der Waals surface area contributed by atoms with Crippen LogP contribution in [0.4, 0.5) is 0 Å². The van der Waals surface area contributed by atoms with Crippen molar-refractivity contribution < 1.29 is 0 Å². The van der Waals surface area contributed by atoms with E-state index in [9.17, 15) is 0 Å². The summed E-state index contributed by atoms with van der Waals surface area (Å²) in [6.07, 6.45) is 2.37. The highest BCUT2D eigenvalue weighted by atomic mass is 79.9. The van der Waals surface area contributed by atoms with Gasteiger partial charge in [0, 0.05) is 27.2 Å². The minimum atomic E-state index is 0.549. The van der Waals surface area contributed by atoms with Crippen molar-refractivity contribution >= 4 is 51.3 Å². The molecule has 0 aliphatic heterocycles. The van der Waals surface area contributed by atoms with Gasteiger partial charge in [0.1, 0.15) is 10.5 Å². The molecule has 0 saturated heterocycles. The lowest BCUT2D eigenvalue weighted by molar-refractivity contribution is 0.973. The summed E-state index contributed by atoms with van der Waals surface area (Å²) in [4.78, 5) is 7.74. The molecule has 0 unspecified atom stereocenters. The molecule has 0 spiro atoms. The van der Waals surface area contributed by atoms with Crippen molar-refractivity contribution in [2.45, 2.75) is 18.8 Å². The fraction of sp³-hybridized carbons (Fsp3) is 0.231. The number of rotatable bonds is 2. The summed E-state index contributed by atoms with van der Waals surface area (Å²) in [5, 5.41) is 1.17. The topological polar surface area (TPSA) is 28.7 Å². The van der Waals surface area contributed by atoms with Crippen molar-refractivity contribution in [3.8, 4) is 11.4 Å². The molecular formula is C13H9BrCl2N2S. The summed E-state index contributed by atoms with van der Waals surface area (Å²) in [6, 6.07) is 5.35. The third kappa shape index (κ3) is 2.87. The lowest BCUT2D eigenvalue weighted by Gasteiger charge is -2.08. The highest BCUT2D eigenvalue weighted by Gasteiger charge is 2.27. The molecule has 1 heterocycles. The van der Waals surface area contributed by atoms with E-state index in [1.54, 1.807) is 6.07 Å². The smallest absolute Gasteiger partial charge is 0.144 e. The lowest BCUT2D eigenvalue weighted by Crippen LogP contribution is -1.97. The Kier molecular flexibility index (Phi) is 3.69. The zero-order valence-electron chi connectivity index (χ0n) is 9.71. The molecule has 0 atom stereocenters. The minimum absolute atomic E-state index is 0.549. The van der Waals surface area contributed by atoms with E-state index in [0.717, 1.165) is 15.7 Å². The average Bonchev–Trinajstić information content (AvgIpc) is 3.15. The second-order valence-corrected chi connectivity index (χ2v) is 6.60. The van der Waals surface area contributed by atoms with Gasteiger partial charge in [-0.1, -0.05) is 35.4 Å². The molecule has 0 radical (unpaired) electrons. The van der Waals surface area contributed by atoms with Crippen molar-refractivity contribution in [1.29, 1.82) is 0 Å². The van der Waals surface area contributed by atoms with Crippen LogP contribution in [0.25, 0.3) is 11.4 Å². The van der Waals surface area contributed by atoms with Crippen molar-refractivity contribution in [1.82, 2.24) is 9.97 Å². The maximum Gasteiger partial charge on any atom is 0.144 e. The maximum atomic E-state index is 6.02. The Bertz CT molecular complexity index is 690. The number of halogens is 3. The Morgan fingerprint density at radius 1 is 1.21 bits per heavy atom. The molecule has 1 fully saturated rings. The number of hydrogen-bond donors (Lipinski definition) is 1. The molecule has 1 aromatic heterocycles. The third-order valence-electron chi connectivity index (χ3n) is 3.01. The highest BCUT2D eigenvalue weighted by molar-refractivity contribution is 9.10. The number of hydrogen-bond acceptors (Lipinski definition) is 2. The Morgan fingerprint density at radius 3 is 2.42 bits per heavy atom. The predicted octanol–water partition coefficient (Wildman–Crippen LogP) is 5.75. The van der Waals surface area contributed by atoms with Gasteiger partial charge < -0.3 is 4.98 Å². The first kappa shape index (κ1) is 13.6. The van der Waals surface area contributed by atoms with Crippen LogP contribution in [0, 0.1) is 4.64 Å². The fourth-order valence-electron chi connectivity index (χ4n) is 1.96. The number of nitrogens with one attached hydrogen (secondary N) is 1. The van der Waals surface area contributed by atoms with Gasteiger partial charge in [-0.3, -0.25) is 0 Å². The molecule has 0 amide bonds. The monoisotopic (exact) mass is 374 g/mol. The second-order valence-electron chi connectivity index (χ2n) is 4.55. The molecule has 98 valence electrons. The molecule has 0 bridgehead atoms. The average molecular weight is 376 g/mol. The molecular weight excluding hydrogens is 367 g/mol. The second kappa shape index (κ2) is 5.17. The Balaban J connectivity index is 2.17. The van der Waals surface area contributed by atoms with Gasteiger partial charge in [-0.2, -0.15) is 0 Å². The summed E-state index contributed by atoms with van der Waals surface area (Å²) in [7, 11) is 0. The largest absolute Gasteiger partial charge is 0.342 e. The normalized spacial score (nSPS) is 14.7. The van der Waals surface area contributed by atoms with E-state index in [0.29, 0.717) is 26.4 Å². The Morgan fingerprint density at radius 2 is 1.84 bits per heavy atom. The van der Waals surface area contributed by atoms with Crippen LogP contribution in [0.1, 0.15) is 24.5 Å². The number of aromatic nitrogens is 2. The first-order valence-corrected chi connectivity index (χ1v) is 7.76. The van der Waals surface area contributed by atoms with Gasteiger partial charge in [0.05, 0.1) is 4.47 Å². The van der Waals surface area contributed by atoms with E-state index < -0.39 is 0 Å². The first-order valence-electron chi connectivity index (χ1n) is 5.81. The summed E-state index contributed by atoms with van der Waals surface area (Å²) in [5.74, 6) is 1.26. The highest BCUT2D eigenvalue weighted by Crippen LogP contribution is 2.43. The van der Waals surface area contributed by atoms with Crippen LogP contribution >= 0.6 is 51.3 Å². The van der Waals surface area contributed by atoms with Gasteiger partial charge in [0.2, 0.25) is 0 Å². The molecule has 19 heavy (non-hydrogen) atoms. The SMILES string of the molecule is S=c1nc(-c2cc(Cl)cc(Cl)c2)[nH]c(C2CC2)c1Br. The van der Waals surface area contributed by atoms with E-state index in [4.69, 9.17) is 35.4 Å². The van der Waals surface area contributed by atoms with E-state index in [-0.39, 0.29) is 0 Å². The third-order valence-corrected chi connectivity index (χ3v) is 4.81. The molecule has 1 aliphatic rings. The first-order chi connectivity index (χ1) is 9.04. The molecule has 2 aromatic rings. The van der Waals surface area contributed by atoms with Crippen LogP contribution in [0.3, 0.4) is 0 Å². The molecule has 1 saturated carbocycles. The molecule has 1 aliphatic carbocycles. The quantitative estimate of drug-likeness (QED) is 0.676. The zero-order chi connectivity index (χ0) is 13.6. The van der Waals surface area contributed by atoms with Crippen molar-refractivity contribution in [3.05, 3.63) is 43.1 Å². The molecule has 6 heteroatoms. The summed E-state index contributed by atoms with van der Waals surface area (Å²) in [5.41, 5.74) is 1.96. The van der Waals surface area contributed by atoms with E-state index in [2.05, 4.69) is 25.9 Å². The maximum absolute atomic E-state index is 6.02. The van der Waals surface area contributed by atoms with Crippen LogP contribution in [-0.2, 0) is 0 Å². The summed E-state index contributed by atoms with van der Waals surface area (Å²) < 4.78 is 1.45. The Labute approximate surface area is 134 Å². The number of H-pyrrole nitrogens is 1. The molecule has 1 aromatic carbocycles. The standard InChI is InChI=1S/C13H9BrCl2N2S/c14-10-11(6-1-2-6)17-12(18-13(10)19)7-3-8(15)5-9(16)4-7/h3-6H,1-2H2,(H,17,18,19). The van der Waals surface area contributed by atoms with E-state index >= 15 is 0 Å². The van der Waals surface area contributed by atoms with Crippen LogP contribution in [0.5, 0.6) is 0 Å². The predicted molar refractivity (Wildman–Crippen MR) is 84.6 cm³/mol. The lowest BCUT2D eigenvalue weighted by atomic mass is 10.2. The van der Waals surface area contributed by atoms with Crippen LogP contribution in [0.15, 0.2) is 22.7 Å². The van der Waals surface area contributed by atoms with Gasteiger partial charge in [0.15, 0.2) is 0 Å². The van der Waals surface area contributed by atoms with E-state index in [1.807, 2.05) is 12.1 Å². The fourth-order valence-corrected chi connectivity index (χ4v) is 3.20. The van der Waals surface area contributed by atoms with Gasteiger partial charge in [-0.15, -0.1) is 0 Å². The number of nitrogens with zero attached hydrogens (tertiary/aromatic N) is 1. The van der Waals surface area contributed by atoms with Gasteiger partial charge >= 0.3 is 0 Å². The number of aromatic amines is 1.